The van der Waals surface area contributed by atoms with Gasteiger partial charge in [-0.15, -0.1) is 0 Å². The molecule has 0 atom stereocenters. The summed E-state index contributed by atoms with van der Waals surface area (Å²) in [6.45, 7) is 7.25. The molecule has 0 radical (unpaired) electrons. The second kappa shape index (κ2) is 8.79. The normalized spacial score (nSPS) is 18.1. The summed E-state index contributed by atoms with van der Waals surface area (Å²) in [5.41, 5.74) is 0. The van der Waals surface area contributed by atoms with Gasteiger partial charge in [0.15, 0.2) is 5.96 Å². The summed E-state index contributed by atoms with van der Waals surface area (Å²) >= 11 is 0. The van der Waals surface area contributed by atoms with Crippen LogP contribution < -0.4 is 10.6 Å². The fourth-order valence-corrected chi connectivity index (χ4v) is 2.33. The number of hydrogen-bond acceptors (Lipinski definition) is 4. The highest BCUT2D eigenvalue weighted by Gasteiger charge is 2.21. The van der Waals surface area contributed by atoms with Crippen LogP contribution in [0, 0.1) is 0 Å². The van der Waals surface area contributed by atoms with Crippen LogP contribution in [0.25, 0.3) is 0 Å². The SMILES string of the molecule is CN=C(NCCC(=O)OC)NC1CCN(C(C)C)CC1. The molecule has 0 aromatic heterocycles. The molecule has 1 fully saturated rings. The molecule has 116 valence electrons. The minimum Gasteiger partial charge on any atom is -0.469 e. The van der Waals surface area contributed by atoms with Gasteiger partial charge in [-0.1, -0.05) is 0 Å². The van der Waals surface area contributed by atoms with E-state index in [4.69, 9.17) is 0 Å². The van der Waals surface area contributed by atoms with E-state index in [9.17, 15) is 4.79 Å². The Morgan fingerprint density at radius 2 is 2.05 bits per heavy atom. The molecule has 20 heavy (non-hydrogen) atoms. The molecular formula is C14H28N4O2. The van der Waals surface area contributed by atoms with Gasteiger partial charge < -0.3 is 20.3 Å². The number of aliphatic imine (C=N–C) groups is 1. The second-order valence-corrected chi connectivity index (χ2v) is 5.37. The Bertz CT molecular complexity index is 323. The number of ether oxygens (including phenoxy) is 1. The molecule has 2 N–H and O–H groups in total. The third-order valence-electron chi connectivity index (χ3n) is 3.67. The third-order valence-corrected chi connectivity index (χ3v) is 3.67. The molecule has 0 unspecified atom stereocenters. The van der Waals surface area contributed by atoms with Crippen molar-refractivity contribution in [3.8, 4) is 0 Å². The molecule has 0 bridgehead atoms. The Kier molecular flexibility index (Phi) is 7.36. The maximum atomic E-state index is 11.0. The largest absolute Gasteiger partial charge is 0.469 e. The standard InChI is InChI=1S/C14H28N4O2/c1-11(2)18-9-6-12(7-10-18)17-14(15-3)16-8-5-13(19)20-4/h11-12H,5-10H2,1-4H3,(H2,15,16,17). The monoisotopic (exact) mass is 284 g/mol. The highest BCUT2D eigenvalue weighted by atomic mass is 16.5. The molecule has 6 heteroatoms. The van der Waals surface area contributed by atoms with Crippen molar-refractivity contribution in [1.82, 2.24) is 15.5 Å². The molecule has 1 rings (SSSR count). The molecule has 0 aromatic carbocycles. The molecule has 0 saturated carbocycles. The second-order valence-electron chi connectivity index (χ2n) is 5.37. The number of piperidine rings is 1. The van der Waals surface area contributed by atoms with Crippen molar-refractivity contribution < 1.29 is 9.53 Å². The number of rotatable bonds is 5. The molecule has 1 aliphatic rings. The fourth-order valence-electron chi connectivity index (χ4n) is 2.33. The number of carbonyl (C=O) groups is 1. The molecular weight excluding hydrogens is 256 g/mol. The number of nitrogens with one attached hydrogen (secondary N) is 2. The lowest BCUT2D eigenvalue weighted by Crippen LogP contribution is -2.50. The summed E-state index contributed by atoms with van der Waals surface area (Å²) in [6.07, 6.45) is 2.59. The van der Waals surface area contributed by atoms with Gasteiger partial charge in [0, 0.05) is 38.8 Å². The summed E-state index contributed by atoms with van der Waals surface area (Å²) in [4.78, 5) is 17.7. The smallest absolute Gasteiger partial charge is 0.307 e. The van der Waals surface area contributed by atoms with Gasteiger partial charge in [-0.25, -0.2) is 0 Å². The maximum absolute atomic E-state index is 11.0. The molecule has 0 spiro atoms. The molecule has 0 aromatic rings. The summed E-state index contributed by atoms with van der Waals surface area (Å²) < 4.78 is 4.61. The van der Waals surface area contributed by atoms with Crippen LogP contribution in [0.4, 0.5) is 0 Å². The van der Waals surface area contributed by atoms with Crippen LogP contribution in [0.3, 0.4) is 0 Å². The molecule has 1 heterocycles. The first-order valence-electron chi connectivity index (χ1n) is 7.34. The maximum Gasteiger partial charge on any atom is 0.307 e. The Morgan fingerprint density at radius 1 is 1.40 bits per heavy atom. The van der Waals surface area contributed by atoms with E-state index in [0.29, 0.717) is 25.0 Å². The van der Waals surface area contributed by atoms with Gasteiger partial charge >= 0.3 is 5.97 Å². The zero-order valence-electron chi connectivity index (χ0n) is 13.1. The van der Waals surface area contributed by atoms with Crippen LogP contribution in [-0.4, -0.2) is 62.7 Å². The number of carbonyl (C=O) groups excluding carboxylic acids is 1. The van der Waals surface area contributed by atoms with Crippen LogP contribution >= 0.6 is 0 Å². The average Bonchev–Trinajstić information content (AvgIpc) is 2.46. The zero-order valence-corrected chi connectivity index (χ0v) is 13.1. The predicted octanol–water partition coefficient (Wildman–Crippen LogP) is 0.587. The van der Waals surface area contributed by atoms with Crippen molar-refractivity contribution in [2.45, 2.75) is 45.2 Å². The van der Waals surface area contributed by atoms with Gasteiger partial charge in [-0.2, -0.15) is 0 Å². The van der Waals surface area contributed by atoms with Gasteiger partial charge in [-0.3, -0.25) is 9.79 Å². The zero-order chi connectivity index (χ0) is 15.0. The minimum absolute atomic E-state index is 0.210. The van der Waals surface area contributed by atoms with Crippen LogP contribution in [0.5, 0.6) is 0 Å². The third kappa shape index (κ3) is 5.77. The van der Waals surface area contributed by atoms with Gasteiger partial charge in [0.05, 0.1) is 13.5 Å². The lowest BCUT2D eigenvalue weighted by Gasteiger charge is -2.35. The molecule has 1 aliphatic heterocycles. The van der Waals surface area contributed by atoms with Crippen molar-refractivity contribution in [2.24, 2.45) is 4.99 Å². The fraction of sp³-hybridized carbons (Fsp3) is 0.857. The molecule has 6 nitrogen and oxygen atoms in total. The Morgan fingerprint density at radius 3 is 2.55 bits per heavy atom. The van der Waals surface area contributed by atoms with E-state index in [1.54, 1.807) is 7.05 Å². The van der Waals surface area contributed by atoms with Crippen molar-refractivity contribution in [1.29, 1.82) is 0 Å². The topological polar surface area (TPSA) is 66.0 Å². The van der Waals surface area contributed by atoms with Crippen LogP contribution in [0.1, 0.15) is 33.1 Å². The highest BCUT2D eigenvalue weighted by Crippen LogP contribution is 2.12. The van der Waals surface area contributed by atoms with Gasteiger partial charge in [0.2, 0.25) is 0 Å². The Hall–Kier alpha value is -1.30. The average molecular weight is 284 g/mol. The van der Waals surface area contributed by atoms with Crippen LogP contribution in [0.15, 0.2) is 4.99 Å². The summed E-state index contributed by atoms with van der Waals surface area (Å²) in [7, 11) is 3.15. The van der Waals surface area contributed by atoms with E-state index in [0.717, 1.165) is 31.9 Å². The Balaban J connectivity index is 2.26. The van der Waals surface area contributed by atoms with Crippen molar-refractivity contribution >= 4 is 11.9 Å². The van der Waals surface area contributed by atoms with Gasteiger partial charge in [-0.05, 0) is 26.7 Å². The van der Waals surface area contributed by atoms with Crippen molar-refractivity contribution in [3.05, 3.63) is 0 Å². The van der Waals surface area contributed by atoms with E-state index >= 15 is 0 Å². The highest BCUT2D eigenvalue weighted by molar-refractivity contribution is 5.80. The van der Waals surface area contributed by atoms with Gasteiger partial charge in [0.25, 0.3) is 0 Å². The number of nitrogens with zero attached hydrogens (tertiary/aromatic N) is 2. The van der Waals surface area contributed by atoms with E-state index in [2.05, 4.69) is 39.1 Å². The lowest BCUT2D eigenvalue weighted by atomic mass is 10.0. The molecule has 1 saturated heterocycles. The van der Waals surface area contributed by atoms with Crippen molar-refractivity contribution in [2.75, 3.05) is 33.8 Å². The van der Waals surface area contributed by atoms with E-state index in [1.807, 2.05) is 0 Å². The number of guanidine groups is 1. The predicted molar refractivity (Wildman–Crippen MR) is 80.9 cm³/mol. The first kappa shape index (κ1) is 16.8. The number of hydrogen-bond donors (Lipinski definition) is 2. The van der Waals surface area contributed by atoms with E-state index in [1.165, 1.54) is 7.11 Å². The first-order chi connectivity index (χ1) is 9.56. The summed E-state index contributed by atoms with van der Waals surface area (Å²) in [6, 6.07) is 1.07. The number of likely N-dealkylation sites (tertiary alicyclic amines) is 1. The summed E-state index contributed by atoms with van der Waals surface area (Å²) in [5, 5.41) is 6.56. The van der Waals surface area contributed by atoms with Crippen molar-refractivity contribution in [3.63, 3.8) is 0 Å². The van der Waals surface area contributed by atoms with Crippen LogP contribution in [0.2, 0.25) is 0 Å². The first-order valence-corrected chi connectivity index (χ1v) is 7.34. The molecule has 0 amide bonds. The number of methoxy groups -OCH3 is 1. The lowest BCUT2D eigenvalue weighted by molar-refractivity contribution is -0.140. The van der Waals surface area contributed by atoms with Crippen LogP contribution in [-0.2, 0) is 9.53 Å². The van der Waals surface area contributed by atoms with Gasteiger partial charge in [0.1, 0.15) is 0 Å². The van der Waals surface area contributed by atoms with E-state index < -0.39 is 0 Å². The quantitative estimate of drug-likeness (QED) is 0.439. The molecule has 0 aliphatic carbocycles. The van der Waals surface area contributed by atoms with E-state index in [-0.39, 0.29) is 5.97 Å². The minimum atomic E-state index is -0.210. The Labute approximate surface area is 122 Å². The summed E-state index contributed by atoms with van der Waals surface area (Å²) in [5.74, 6) is 0.551. The number of esters is 1.